The number of rotatable bonds is 7. The maximum absolute atomic E-state index is 13.9. The highest BCUT2D eigenvalue weighted by atomic mass is 19.1. The van der Waals surface area contributed by atoms with Gasteiger partial charge in [-0.25, -0.2) is 9.37 Å². The van der Waals surface area contributed by atoms with Crippen LogP contribution in [0.3, 0.4) is 0 Å². The molecule has 0 saturated carbocycles. The number of piperazine rings is 1. The van der Waals surface area contributed by atoms with Crippen molar-refractivity contribution in [1.29, 1.82) is 5.26 Å². The van der Waals surface area contributed by atoms with Gasteiger partial charge in [0.05, 0.1) is 41.1 Å². The number of carbonyl (C=O) groups excluding carboxylic acids is 1. The average molecular weight is 641 g/mol. The fraction of sp³-hybridized carbons (Fsp3) is 0.514. The number of hydrogen-bond donors (Lipinski definition) is 1. The van der Waals surface area contributed by atoms with E-state index in [1.165, 1.54) is 4.90 Å². The van der Waals surface area contributed by atoms with Gasteiger partial charge in [-0.3, -0.25) is 9.69 Å². The van der Waals surface area contributed by atoms with Crippen molar-refractivity contribution in [3.8, 4) is 12.1 Å². The highest BCUT2D eigenvalue weighted by Crippen LogP contribution is 2.46. The van der Waals surface area contributed by atoms with Crippen LogP contribution in [-0.2, 0) is 21.6 Å². The molecule has 3 fully saturated rings. The summed E-state index contributed by atoms with van der Waals surface area (Å²) in [4.78, 5) is 33.4. The molecule has 1 amide bonds. The van der Waals surface area contributed by atoms with Gasteiger partial charge in [0, 0.05) is 37.0 Å². The lowest BCUT2D eigenvalue weighted by Gasteiger charge is -2.44. The molecule has 0 bridgehead atoms. The lowest BCUT2D eigenvalue weighted by molar-refractivity contribution is -0.131. The highest BCUT2D eigenvalue weighted by molar-refractivity contribution is 5.91. The summed E-state index contributed by atoms with van der Waals surface area (Å²) in [5, 5.41) is 11.6. The molecular weight excluding hydrogens is 599 g/mol. The molecule has 4 aliphatic heterocycles. The topological polar surface area (TPSA) is 134 Å². The summed E-state index contributed by atoms with van der Waals surface area (Å²) < 4.78 is 27.3. The van der Waals surface area contributed by atoms with Gasteiger partial charge >= 0.3 is 6.01 Å². The minimum atomic E-state index is -1.04. The number of halogens is 1. The molecule has 6 heterocycles. The summed E-state index contributed by atoms with van der Waals surface area (Å²) in [6.07, 6.45) is 4.52. The largest absolute Gasteiger partial charge is 0.461 e. The molecule has 7 rings (SSSR count). The van der Waals surface area contributed by atoms with E-state index < -0.39 is 29.5 Å². The molecule has 1 unspecified atom stereocenters. The Balaban J connectivity index is 1.29. The van der Waals surface area contributed by atoms with Gasteiger partial charge in [0.25, 0.3) is 5.91 Å². The fourth-order valence-corrected chi connectivity index (χ4v) is 8.22. The van der Waals surface area contributed by atoms with Gasteiger partial charge in [-0.2, -0.15) is 15.2 Å². The van der Waals surface area contributed by atoms with Gasteiger partial charge in [-0.05, 0) is 64.1 Å². The number of carbonyl (C=O) groups is 1. The zero-order valence-electron chi connectivity index (χ0n) is 27.0. The van der Waals surface area contributed by atoms with E-state index in [9.17, 15) is 14.4 Å². The number of aromatic nitrogens is 3. The molecule has 2 N–H and O–H groups in total. The van der Waals surface area contributed by atoms with Crippen molar-refractivity contribution in [1.82, 2.24) is 24.8 Å². The minimum Gasteiger partial charge on any atom is -0.461 e. The molecule has 0 aliphatic carbocycles. The van der Waals surface area contributed by atoms with Crippen molar-refractivity contribution in [2.24, 2.45) is 0 Å². The second-order valence-electron chi connectivity index (χ2n) is 13.7. The van der Waals surface area contributed by atoms with E-state index in [2.05, 4.69) is 22.4 Å². The van der Waals surface area contributed by atoms with E-state index in [1.54, 1.807) is 0 Å². The van der Waals surface area contributed by atoms with E-state index in [-0.39, 0.29) is 25.0 Å². The van der Waals surface area contributed by atoms with Crippen LogP contribution in [0.2, 0.25) is 0 Å². The molecule has 0 radical (unpaired) electrons. The van der Waals surface area contributed by atoms with Crippen LogP contribution in [0.1, 0.15) is 69.0 Å². The van der Waals surface area contributed by atoms with Crippen molar-refractivity contribution in [2.75, 3.05) is 50.0 Å². The number of anilines is 2. The molecule has 11 nitrogen and oxygen atoms in total. The van der Waals surface area contributed by atoms with Crippen LogP contribution in [0.4, 0.5) is 16.0 Å². The van der Waals surface area contributed by atoms with Crippen molar-refractivity contribution in [2.45, 2.75) is 75.7 Å². The molecule has 47 heavy (non-hydrogen) atoms. The van der Waals surface area contributed by atoms with Crippen LogP contribution < -0.4 is 15.4 Å². The van der Waals surface area contributed by atoms with Crippen molar-refractivity contribution >= 4 is 28.3 Å². The van der Waals surface area contributed by atoms with Crippen molar-refractivity contribution in [3.05, 3.63) is 59.7 Å². The number of nitrogens with zero attached hydrogens (tertiary/aromatic N) is 7. The number of nitrogens with two attached hydrogens (primary N) is 1. The highest BCUT2D eigenvalue weighted by Gasteiger charge is 2.46. The lowest BCUT2D eigenvalue weighted by Crippen LogP contribution is -2.56. The molecule has 246 valence electrons. The Bertz CT molecular complexity index is 1760. The molecule has 4 aliphatic rings. The summed E-state index contributed by atoms with van der Waals surface area (Å²) in [6, 6.07) is 11.8. The zero-order chi connectivity index (χ0) is 32.9. The lowest BCUT2D eigenvalue weighted by atomic mass is 9.88. The Labute approximate surface area is 274 Å². The van der Waals surface area contributed by atoms with Crippen LogP contribution in [-0.4, -0.2) is 81.6 Å². The smallest absolute Gasteiger partial charge is 0.318 e. The van der Waals surface area contributed by atoms with Crippen LogP contribution in [0, 0.1) is 11.3 Å². The molecule has 2 aromatic heterocycles. The van der Waals surface area contributed by atoms with E-state index >= 15 is 0 Å². The second kappa shape index (κ2) is 12.0. The van der Waals surface area contributed by atoms with Crippen LogP contribution >= 0.6 is 0 Å². The van der Waals surface area contributed by atoms with E-state index in [0.717, 1.165) is 66.5 Å². The molecule has 3 saturated heterocycles. The number of ether oxygens (including phenoxy) is 2. The van der Waals surface area contributed by atoms with Crippen LogP contribution in [0.15, 0.2) is 42.7 Å². The first-order valence-corrected chi connectivity index (χ1v) is 16.5. The van der Waals surface area contributed by atoms with Crippen molar-refractivity contribution in [3.63, 3.8) is 0 Å². The Kier molecular flexibility index (Phi) is 8.00. The Morgan fingerprint density at radius 3 is 2.68 bits per heavy atom. The predicted molar refractivity (Wildman–Crippen MR) is 175 cm³/mol. The summed E-state index contributed by atoms with van der Waals surface area (Å²) in [7, 11) is 0. The number of nitrogen functional groups attached to an aromatic ring is 1. The molecular formula is C35H41FN8O3. The van der Waals surface area contributed by atoms with E-state index in [1.807, 2.05) is 44.2 Å². The molecule has 2 atom stereocenters. The second-order valence-corrected chi connectivity index (χ2v) is 13.7. The Morgan fingerprint density at radius 2 is 1.94 bits per heavy atom. The number of pyridine rings is 1. The number of benzene rings is 1. The molecule has 12 heteroatoms. The molecule has 0 spiro atoms. The van der Waals surface area contributed by atoms with Crippen molar-refractivity contribution < 1.29 is 18.7 Å². The monoisotopic (exact) mass is 640 g/mol. The third-order valence-corrected chi connectivity index (χ3v) is 10.3. The van der Waals surface area contributed by atoms with Crippen LogP contribution in [0.25, 0.3) is 10.8 Å². The van der Waals surface area contributed by atoms with Gasteiger partial charge in [0.1, 0.15) is 24.3 Å². The van der Waals surface area contributed by atoms with Gasteiger partial charge in [0.15, 0.2) is 5.83 Å². The van der Waals surface area contributed by atoms with Gasteiger partial charge in [-0.1, -0.05) is 30.8 Å². The predicted octanol–water partition coefficient (Wildman–Crippen LogP) is 4.58. The number of hydrogen-bond acceptors (Lipinski definition) is 10. The summed E-state index contributed by atoms with van der Waals surface area (Å²) in [5.41, 5.74) is 7.79. The third-order valence-electron chi connectivity index (χ3n) is 10.3. The Hall–Kier alpha value is -4.34. The normalized spacial score (nSPS) is 23.3. The maximum atomic E-state index is 13.9. The number of nitriles is 1. The molecule has 3 aromatic rings. The fourth-order valence-electron chi connectivity index (χ4n) is 8.22. The van der Waals surface area contributed by atoms with E-state index in [4.69, 9.17) is 30.2 Å². The van der Waals surface area contributed by atoms with Crippen LogP contribution in [0.5, 0.6) is 6.01 Å². The average Bonchev–Trinajstić information content (AvgIpc) is 3.63. The zero-order valence-corrected chi connectivity index (χ0v) is 27.0. The summed E-state index contributed by atoms with van der Waals surface area (Å²) >= 11 is 0. The first kappa shape index (κ1) is 31.3. The van der Waals surface area contributed by atoms with Gasteiger partial charge in [0.2, 0.25) is 0 Å². The van der Waals surface area contributed by atoms with E-state index in [0.29, 0.717) is 37.2 Å². The maximum Gasteiger partial charge on any atom is 0.318 e. The SMILES string of the molecule is C=C(F)C(=O)N1CCN(c2nc(OCC34CCCN3CCC4)nc3c2C(C)(C)OC(c2nc(N)cc4ccccc24)C3)C[C@@H]1CC#N. The standard InChI is InChI=1S/C35H41FN8O3/c1-22(36)32(45)44-17-16-42(20-24(44)10-13-37)31-29-26(39-33(41-31)46-21-35-11-6-14-43(35)15-7-12-35)19-27(47-34(29,2)3)30-25-9-5-4-8-23(25)18-28(38)40-30/h4-5,8-9,18,24,27H,1,6-7,10-12,14-17,19-21H2,2-3H3,(H2,38,40)/t24-,27?/m0/s1. The first-order valence-electron chi connectivity index (χ1n) is 16.5. The summed E-state index contributed by atoms with van der Waals surface area (Å²) in [6.45, 7) is 10.7. The minimum absolute atomic E-state index is 0.00733. The molecule has 1 aromatic carbocycles. The Morgan fingerprint density at radius 1 is 1.17 bits per heavy atom. The summed E-state index contributed by atoms with van der Waals surface area (Å²) in [5.74, 6) is -0.766. The first-order chi connectivity index (χ1) is 22.6. The third kappa shape index (κ3) is 5.65. The number of fused-ring (bicyclic) bond motifs is 3. The van der Waals surface area contributed by atoms with Gasteiger partial charge in [-0.15, -0.1) is 0 Å². The van der Waals surface area contributed by atoms with Gasteiger partial charge < -0.3 is 25.0 Å². The quantitative estimate of drug-likeness (QED) is 0.366. The number of amides is 1.